The number of methoxy groups -OCH3 is 1. The molecule has 0 fully saturated rings. The lowest BCUT2D eigenvalue weighted by Crippen LogP contribution is -2.26. The Hall–Kier alpha value is -0.540. The number of hydrogen-bond acceptors (Lipinski definition) is 2. The third-order valence-electron chi connectivity index (χ3n) is 3.24. The zero-order valence-electron chi connectivity index (χ0n) is 11.8. The van der Waals surface area contributed by atoms with Crippen molar-refractivity contribution in [3.05, 3.63) is 28.2 Å². The van der Waals surface area contributed by atoms with Crippen LogP contribution >= 0.6 is 15.9 Å². The van der Waals surface area contributed by atoms with Gasteiger partial charge in [-0.1, -0.05) is 36.7 Å². The first-order chi connectivity index (χ1) is 8.51. The van der Waals surface area contributed by atoms with Crippen molar-refractivity contribution < 1.29 is 4.74 Å². The van der Waals surface area contributed by atoms with Gasteiger partial charge >= 0.3 is 0 Å². The number of hydrogen-bond donors (Lipinski definition) is 1. The van der Waals surface area contributed by atoms with Crippen LogP contribution in [-0.2, 0) is 5.41 Å². The minimum absolute atomic E-state index is 0.107. The van der Waals surface area contributed by atoms with E-state index in [0.29, 0.717) is 0 Å². The molecule has 2 nitrogen and oxygen atoms in total. The van der Waals surface area contributed by atoms with Gasteiger partial charge in [0.2, 0.25) is 0 Å². The first kappa shape index (κ1) is 15.5. The van der Waals surface area contributed by atoms with Crippen LogP contribution in [0, 0.1) is 0 Å². The van der Waals surface area contributed by atoms with E-state index in [9.17, 15) is 0 Å². The van der Waals surface area contributed by atoms with E-state index in [1.807, 2.05) is 12.1 Å². The molecule has 18 heavy (non-hydrogen) atoms. The van der Waals surface area contributed by atoms with Crippen LogP contribution in [0.1, 0.15) is 39.2 Å². The van der Waals surface area contributed by atoms with Gasteiger partial charge in [-0.3, -0.25) is 0 Å². The van der Waals surface area contributed by atoms with E-state index in [2.05, 4.69) is 48.1 Å². The standard InChI is InChI=1S/C15H24BrNO/c1-5-9-17-10-8-15(2,3)13-11-12(16)6-7-14(13)18-4/h6-7,11,17H,5,8-10H2,1-4H3. The topological polar surface area (TPSA) is 21.3 Å². The van der Waals surface area contributed by atoms with Crippen LogP contribution in [0.3, 0.4) is 0 Å². The first-order valence-corrected chi connectivity index (χ1v) is 7.35. The lowest BCUT2D eigenvalue weighted by atomic mass is 9.81. The molecular weight excluding hydrogens is 290 g/mol. The van der Waals surface area contributed by atoms with Crippen LogP contribution in [0.5, 0.6) is 5.75 Å². The molecule has 1 aromatic rings. The minimum Gasteiger partial charge on any atom is -0.496 e. The van der Waals surface area contributed by atoms with Crippen LogP contribution < -0.4 is 10.1 Å². The Bertz CT molecular complexity index is 377. The van der Waals surface area contributed by atoms with E-state index in [4.69, 9.17) is 4.74 Å². The summed E-state index contributed by atoms with van der Waals surface area (Å²) in [5.41, 5.74) is 1.37. The van der Waals surface area contributed by atoms with Gasteiger partial charge < -0.3 is 10.1 Å². The molecule has 0 aliphatic carbocycles. The van der Waals surface area contributed by atoms with Crippen molar-refractivity contribution in [2.45, 2.75) is 39.0 Å². The summed E-state index contributed by atoms with van der Waals surface area (Å²) in [7, 11) is 1.73. The Morgan fingerprint density at radius 3 is 2.61 bits per heavy atom. The highest BCUT2D eigenvalue weighted by atomic mass is 79.9. The number of rotatable bonds is 7. The molecule has 0 bridgehead atoms. The van der Waals surface area contributed by atoms with E-state index in [1.165, 1.54) is 12.0 Å². The van der Waals surface area contributed by atoms with Gasteiger partial charge in [-0.05, 0) is 49.5 Å². The van der Waals surface area contributed by atoms with Crippen molar-refractivity contribution in [1.82, 2.24) is 5.32 Å². The summed E-state index contributed by atoms with van der Waals surface area (Å²) < 4.78 is 6.58. The van der Waals surface area contributed by atoms with Gasteiger partial charge in [0.25, 0.3) is 0 Å². The molecule has 0 spiro atoms. The molecular formula is C15H24BrNO. The normalized spacial score (nSPS) is 11.6. The van der Waals surface area contributed by atoms with Crippen molar-refractivity contribution in [3.63, 3.8) is 0 Å². The van der Waals surface area contributed by atoms with E-state index < -0.39 is 0 Å². The zero-order valence-corrected chi connectivity index (χ0v) is 13.4. The molecule has 1 rings (SSSR count). The summed E-state index contributed by atoms with van der Waals surface area (Å²) in [5, 5.41) is 3.46. The Balaban J connectivity index is 2.79. The van der Waals surface area contributed by atoms with Gasteiger partial charge in [-0.15, -0.1) is 0 Å². The molecule has 0 unspecified atom stereocenters. The van der Waals surface area contributed by atoms with Crippen LogP contribution in [0.15, 0.2) is 22.7 Å². The predicted molar refractivity (Wildman–Crippen MR) is 81.5 cm³/mol. The van der Waals surface area contributed by atoms with E-state index in [-0.39, 0.29) is 5.41 Å². The summed E-state index contributed by atoms with van der Waals surface area (Å²) in [6, 6.07) is 6.22. The molecule has 0 amide bonds. The van der Waals surface area contributed by atoms with Crippen molar-refractivity contribution >= 4 is 15.9 Å². The van der Waals surface area contributed by atoms with Gasteiger partial charge in [-0.2, -0.15) is 0 Å². The largest absolute Gasteiger partial charge is 0.496 e. The molecule has 3 heteroatoms. The van der Waals surface area contributed by atoms with Gasteiger partial charge in [0, 0.05) is 10.0 Å². The highest BCUT2D eigenvalue weighted by molar-refractivity contribution is 9.10. The molecule has 1 N–H and O–H groups in total. The van der Waals surface area contributed by atoms with Gasteiger partial charge in [0.15, 0.2) is 0 Å². The predicted octanol–water partition coefficient (Wildman–Crippen LogP) is 4.13. The third-order valence-corrected chi connectivity index (χ3v) is 3.74. The second-order valence-corrected chi connectivity index (χ2v) is 6.14. The Morgan fingerprint density at radius 2 is 2.00 bits per heavy atom. The summed E-state index contributed by atoms with van der Waals surface area (Å²) in [5.74, 6) is 0.971. The number of nitrogens with one attached hydrogen (secondary N) is 1. The summed E-state index contributed by atoms with van der Waals surface area (Å²) in [4.78, 5) is 0. The van der Waals surface area contributed by atoms with Crippen LogP contribution in [0.4, 0.5) is 0 Å². The first-order valence-electron chi connectivity index (χ1n) is 6.56. The SMILES string of the molecule is CCCNCCC(C)(C)c1cc(Br)ccc1OC. The second kappa shape index (κ2) is 7.15. The molecule has 0 aliphatic rings. The number of halogens is 1. The zero-order chi connectivity index (χ0) is 13.6. The van der Waals surface area contributed by atoms with Crippen molar-refractivity contribution in [2.24, 2.45) is 0 Å². The van der Waals surface area contributed by atoms with Crippen molar-refractivity contribution in [3.8, 4) is 5.75 Å². The smallest absolute Gasteiger partial charge is 0.122 e. The summed E-state index contributed by atoms with van der Waals surface area (Å²) in [6.45, 7) is 8.85. The fourth-order valence-corrected chi connectivity index (χ4v) is 2.41. The molecule has 0 aliphatic heterocycles. The van der Waals surface area contributed by atoms with Crippen LogP contribution in [0.25, 0.3) is 0 Å². The third kappa shape index (κ3) is 4.29. The average molecular weight is 314 g/mol. The van der Waals surface area contributed by atoms with Crippen LogP contribution in [-0.4, -0.2) is 20.2 Å². The fourth-order valence-electron chi connectivity index (χ4n) is 2.05. The van der Waals surface area contributed by atoms with Gasteiger partial charge in [-0.25, -0.2) is 0 Å². The Labute approximate surface area is 119 Å². The van der Waals surface area contributed by atoms with Crippen molar-refractivity contribution in [1.29, 1.82) is 0 Å². The molecule has 102 valence electrons. The highest BCUT2D eigenvalue weighted by Crippen LogP contribution is 2.35. The maximum absolute atomic E-state index is 5.47. The van der Waals surface area contributed by atoms with Gasteiger partial charge in [0.05, 0.1) is 7.11 Å². The maximum atomic E-state index is 5.47. The minimum atomic E-state index is 0.107. The quantitative estimate of drug-likeness (QED) is 0.764. The molecule has 0 atom stereocenters. The fraction of sp³-hybridized carbons (Fsp3) is 0.600. The molecule has 0 heterocycles. The van der Waals surface area contributed by atoms with E-state index in [1.54, 1.807) is 7.11 Å². The van der Waals surface area contributed by atoms with E-state index >= 15 is 0 Å². The summed E-state index contributed by atoms with van der Waals surface area (Å²) >= 11 is 3.54. The molecule has 0 radical (unpaired) electrons. The summed E-state index contributed by atoms with van der Waals surface area (Å²) in [6.07, 6.45) is 2.28. The molecule has 0 saturated carbocycles. The van der Waals surface area contributed by atoms with Gasteiger partial charge in [0.1, 0.15) is 5.75 Å². The second-order valence-electron chi connectivity index (χ2n) is 5.23. The maximum Gasteiger partial charge on any atom is 0.122 e. The highest BCUT2D eigenvalue weighted by Gasteiger charge is 2.24. The average Bonchev–Trinajstić information content (AvgIpc) is 2.35. The van der Waals surface area contributed by atoms with Crippen LogP contribution in [0.2, 0.25) is 0 Å². The number of ether oxygens (including phenoxy) is 1. The molecule has 1 aromatic carbocycles. The number of benzene rings is 1. The lowest BCUT2D eigenvalue weighted by Gasteiger charge is -2.27. The van der Waals surface area contributed by atoms with E-state index in [0.717, 1.165) is 29.7 Å². The van der Waals surface area contributed by atoms with Crippen molar-refractivity contribution in [2.75, 3.05) is 20.2 Å². The molecule has 0 saturated heterocycles. The Kier molecular flexibility index (Phi) is 6.16. The monoisotopic (exact) mass is 313 g/mol. The molecule has 0 aromatic heterocycles. The Morgan fingerprint density at radius 1 is 1.28 bits per heavy atom. The lowest BCUT2D eigenvalue weighted by molar-refractivity contribution is 0.382.